The number of benzene rings is 1. The molecule has 1 aromatic carbocycles. The van der Waals surface area contributed by atoms with Crippen molar-refractivity contribution in [2.24, 2.45) is 0 Å². The number of rotatable bonds is 3. The summed E-state index contributed by atoms with van der Waals surface area (Å²) in [7, 11) is 2.05. The molecule has 18 heavy (non-hydrogen) atoms. The second-order valence-electron chi connectivity index (χ2n) is 4.62. The Bertz CT molecular complexity index is 501. The molecular formula is C13H14ClNO3. The first kappa shape index (κ1) is 13.1. The van der Waals surface area contributed by atoms with E-state index in [1.54, 1.807) is 6.07 Å². The Hall–Kier alpha value is -1.39. The van der Waals surface area contributed by atoms with Crippen LogP contribution in [0.4, 0.5) is 0 Å². The normalized spacial score (nSPS) is 20.0. The standard InChI is InChI=1S/C13H14ClNO3/c1-15-5-4-9(7-15)10-3-2-8(6-11(10)14)12(16)13(17)18/h2-3,6,9H,4-5,7H2,1H3,(H,17,18). The quantitative estimate of drug-likeness (QED) is 0.672. The van der Waals surface area contributed by atoms with Gasteiger partial charge in [0.25, 0.3) is 5.78 Å². The van der Waals surface area contributed by atoms with Crippen molar-refractivity contribution in [3.8, 4) is 0 Å². The zero-order valence-corrected chi connectivity index (χ0v) is 10.8. The summed E-state index contributed by atoms with van der Waals surface area (Å²) in [6.45, 7) is 1.96. The number of nitrogens with zero attached hydrogens (tertiary/aromatic N) is 1. The Balaban J connectivity index is 2.25. The molecule has 1 fully saturated rings. The van der Waals surface area contributed by atoms with Crippen molar-refractivity contribution in [3.63, 3.8) is 0 Å². The highest BCUT2D eigenvalue weighted by molar-refractivity contribution is 6.40. The maximum absolute atomic E-state index is 11.3. The van der Waals surface area contributed by atoms with Gasteiger partial charge in [-0.1, -0.05) is 23.7 Å². The maximum atomic E-state index is 11.3. The van der Waals surface area contributed by atoms with Crippen molar-refractivity contribution < 1.29 is 14.7 Å². The fraction of sp³-hybridized carbons (Fsp3) is 0.385. The number of carboxylic acid groups (broad SMARTS) is 1. The van der Waals surface area contributed by atoms with E-state index >= 15 is 0 Å². The summed E-state index contributed by atoms with van der Waals surface area (Å²) in [6.07, 6.45) is 1.03. The lowest BCUT2D eigenvalue weighted by Gasteiger charge is -2.13. The number of carbonyl (C=O) groups is 2. The number of hydrogen-bond acceptors (Lipinski definition) is 3. The van der Waals surface area contributed by atoms with E-state index in [4.69, 9.17) is 16.7 Å². The van der Waals surface area contributed by atoms with Gasteiger partial charge < -0.3 is 10.0 Å². The third-order valence-electron chi connectivity index (χ3n) is 3.29. The molecule has 0 radical (unpaired) electrons. The van der Waals surface area contributed by atoms with Gasteiger partial charge in [-0.25, -0.2) is 4.79 Å². The van der Waals surface area contributed by atoms with Gasteiger partial charge in [0.15, 0.2) is 0 Å². The highest BCUT2D eigenvalue weighted by atomic mass is 35.5. The van der Waals surface area contributed by atoms with Gasteiger partial charge in [0.1, 0.15) is 0 Å². The van der Waals surface area contributed by atoms with Crippen molar-refractivity contribution in [2.45, 2.75) is 12.3 Å². The van der Waals surface area contributed by atoms with Gasteiger partial charge in [0.05, 0.1) is 0 Å². The van der Waals surface area contributed by atoms with Crippen LogP contribution in [0.25, 0.3) is 0 Å². The summed E-state index contributed by atoms with van der Waals surface area (Å²) in [5, 5.41) is 9.12. The van der Waals surface area contributed by atoms with E-state index in [-0.39, 0.29) is 5.56 Å². The molecule has 0 aromatic heterocycles. The Morgan fingerprint density at radius 1 is 1.44 bits per heavy atom. The molecule has 1 N–H and O–H groups in total. The van der Waals surface area contributed by atoms with Gasteiger partial charge in [-0.3, -0.25) is 4.79 Å². The largest absolute Gasteiger partial charge is 0.475 e. The fourth-order valence-electron chi connectivity index (χ4n) is 2.31. The molecule has 0 saturated carbocycles. The zero-order chi connectivity index (χ0) is 13.3. The van der Waals surface area contributed by atoms with E-state index in [1.807, 2.05) is 0 Å². The SMILES string of the molecule is CN1CCC(c2ccc(C(=O)C(=O)O)cc2Cl)C1. The number of hydrogen-bond donors (Lipinski definition) is 1. The summed E-state index contributed by atoms with van der Waals surface area (Å²) >= 11 is 6.14. The topological polar surface area (TPSA) is 57.6 Å². The van der Waals surface area contributed by atoms with Gasteiger partial charge in [-0.15, -0.1) is 0 Å². The van der Waals surface area contributed by atoms with Crippen LogP contribution in [-0.2, 0) is 4.79 Å². The van der Waals surface area contributed by atoms with E-state index in [0.717, 1.165) is 25.1 Å². The highest BCUT2D eigenvalue weighted by Gasteiger charge is 2.24. The third kappa shape index (κ3) is 2.54. The first-order chi connectivity index (χ1) is 8.49. The highest BCUT2D eigenvalue weighted by Crippen LogP contribution is 2.32. The monoisotopic (exact) mass is 267 g/mol. The number of carboxylic acids is 1. The smallest absolute Gasteiger partial charge is 0.377 e. The van der Waals surface area contributed by atoms with Crippen LogP contribution in [0.5, 0.6) is 0 Å². The molecule has 5 heteroatoms. The zero-order valence-electron chi connectivity index (χ0n) is 10.0. The third-order valence-corrected chi connectivity index (χ3v) is 3.62. The molecule has 1 saturated heterocycles. The van der Waals surface area contributed by atoms with Gasteiger partial charge in [-0.2, -0.15) is 0 Å². The molecule has 1 aliphatic rings. The van der Waals surface area contributed by atoms with Crippen LogP contribution in [0.15, 0.2) is 18.2 Å². The van der Waals surface area contributed by atoms with Gasteiger partial charge in [-0.05, 0) is 37.6 Å². The molecule has 1 heterocycles. The van der Waals surface area contributed by atoms with Crippen LogP contribution in [0.2, 0.25) is 5.02 Å². The van der Waals surface area contributed by atoms with Crippen molar-refractivity contribution in [3.05, 3.63) is 34.3 Å². The summed E-state index contributed by atoms with van der Waals surface area (Å²) in [4.78, 5) is 24.1. The van der Waals surface area contributed by atoms with Gasteiger partial charge in [0.2, 0.25) is 0 Å². The first-order valence-corrected chi connectivity index (χ1v) is 6.12. The first-order valence-electron chi connectivity index (χ1n) is 5.74. The lowest BCUT2D eigenvalue weighted by Crippen LogP contribution is -2.14. The van der Waals surface area contributed by atoms with Crippen LogP contribution in [-0.4, -0.2) is 41.9 Å². The van der Waals surface area contributed by atoms with E-state index in [1.165, 1.54) is 12.1 Å². The van der Waals surface area contributed by atoms with Crippen molar-refractivity contribution in [1.29, 1.82) is 0 Å². The lowest BCUT2D eigenvalue weighted by atomic mass is 9.96. The summed E-state index contributed by atoms with van der Waals surface area (Å²) in [6, 6.07) is 4.75. The van der Waals surface area contributed by atoms with Crippen LogP contribution >= 0.6 is 11.6 Å². The van der Waals surface area contributed by atoms with E-state index in [9.17, 15) is 9.59 Å². The van der Waals surface area contributed by atoms with Crippen LogP contribution in [0.1, 0.15) is 28.3 Å². The summed E-state index contributed by atoms with van der Waals surface area (Å²) < 4.78 is 0. The van der Waals surface area contributed by atoms with Crippen LogP contribution in [0.3, 0.4) is 0 Å². The van der Waals surface area contributed by atoms with E-state index < -0.39 is 11.8 Å². The minimum Gasteiger partial charge on any atom is -0.475 e. The molecule has 96 valence electrons. The number of Topliss-reactive ketones (excluding diaryl/α,β-unsaturated/α-hetero) is 1. The molecule has 0 amide bonds. The molecular weight excluding hydrogens is 254 g/mol. The number of carbonyl (C=O) groups excluding carboxylic acids is 1. The molecule has 2 rings (SSSR count). The van der Waals surface area contributed by atoms with Crippen LogP contribution in [0, 0.1) is 0 Å². The maximum Gasteiger partial charge on any atom is 0.377 e. The Labute approximate surface area is 110 Å². The summed E-state index contributed by atoms with van der Waals surface area (Å²) in [5.74, 6) is -2.03. The number of ketones is 1. The van der Waals surface area contributed by atoms with Gasteiger partial charge >= 0.3 is 5.97 Å². The minimum atomic E-state index is -1.46. The fourth-order valence-corrected chi connectivity index (χ4v) is 2.65. The molecule has 0 spiro atoms. The van der Waals surface area contributed by atoms with Crippen LogP contribution < -0.4 is 0 Å². The number of halogens is 1. The predicted octanol–water partition coefficient (Wildman–Crippen LogP) is 2.03. The lowest BCUT2D eigenvalue weighted by molar-refractivity contribution is -0.131. The molecule has 1 aromatic rings. The number of likely N-dealkylation sites (N-methyl/N-ethyl adjacent to an activating group) is 1. The Morgan fingerprint density at radius 3 is 2.67 bits per heavy atom. The van der Waals surface area contributed by atoms with E-state index in [2.05, 4.69) is 11.9 Å². The molecule has 1 atom stereocenters. The Kier molecular flexibility index (Phi) is 3.68. The van der Waals surface area contributed by atoms with Gasteiger partial charge in [0, 0.05) is 17.1 Å². The second kappa shape index (κ2) is 5.08. The average molecular weight is 268 g/mol. The van der Waals surface area contributed by atoms with Crippen molar-refractivity contribution in [1.82, 2.24) is 4.90 Å². The minimum absolute atomic E-state index is 0.127. The number of aliphatic carboxylic acids is 1. The average Bonchev–Trinajstić information content (AvgIpc) is 2.74. The van der Waals surface area contributed by atoms with E-state index in [0.29, 0.717) is 10.9 Å². The van der Waals surface area contributed by atoms with Crippen molar-refractivity contribution >= 4 is 23.4 Å². The predicted molar refractivity (Wildman–Crippen MR) is 68.3 cm³/mol. The summed E-state index contributed by atoms with van der Waals surface area (Å²) in [5.41, 5.74) is 1.12. The van der Waals surface area contributed by atoms with Crippen molar-refractivity contribution in [2.75, 3.05) is 20.1 Å². The number of likely N-dealkylation sites (tertiary alicyclic amines) is 1. The Morgan fingerprint density at radius 2 is 2.17 bits per heavy atom. The molecule has 1 aliphatic heterocycles. The molecule has 1 unspecified atom stereocenters. The molecule has 0 aliphatic carbocycles. The second-order valence-corrected chi connectivity index (χ2v) is 5.03. The molecule has 0 bridgehead atoms. The molecule has 4 nitrogen and oxygen atoms in total.